The molecule has 2 aromatic carbocycles. The lowest BCUT2D eigenvalue weighted by Crippen LogP contribution is -2.60. The largest absolute Gasteiger partial charge is 0.508 e. The molecule has 0 radical (unpaired) electrons. The standard InChI is InChI=1S/C21H22O9/c1-7-2-9-14(21-20(29)19(28)17(26)13(6-22)30-21)10-4-8(23)5-12(25)16(10)18(27)15(9)11(24)3-7/h2-5,13-14,17,19-26,28-29H,6H2,1H3/t13-,14-,17-,19+,20-,21+/m1/s1. The van der Waals surface area contributed by atoms with Crippen molar-refractivity contribution in [3.05, 3.63) is 52.1 Å². The third kappa shape index (κ3) is 2.94. The molecule has 4 rings (SSSR count). The summed E-state index contributed by atoms with van der Waals surface area (Å²) in [5.41, 5.74) is 0.706. The molecule has 1 fully saturated rings. The van der Waals surface area contributed by atoms with E-state index in [2.05, 4.69) is 0 Å². The minimum absolute atomic E-state index is 0.101. The van der Waals surface area contributed by atoms with E-state index in [0.717, 1.165) is 6.07 Å². The number of ether oxygens (including phenoxy) is 1. The van der Waals surface area contributed by atoms with Crippen molar-refractivity contribution < 1.29 is 45.3 Å². The number of benzene rings is 2. The molecule has 0 amide bonds. The van der Waals surface area contributed by atoms with Gasteiger partial charge in [-0.1, -0.05) is 6.07 Å². The predicted octanol–water partition coefficient (Wildman–Crippen LogP) is -0.369. The molecule has 160 valence electrons. The molecule has 0 aromatic heterocycles. The van der Waals surface area contributed by atoms with Crippen LogP contribution >= 0.6 is 0 Å². The smallest absolute Gasteiger partial charge is 0.201 e. The van der Waals surface area contributed by atoms with Crippen molar-refractivity contribution in [3.63, 3.8) is 0 Å². The molecule has 2 aromatic rings. The zero-order valence-corrected chi connectivity index (χ0v) is 15.9. The van der Waals surface area contributed by atoms with E-state index in [-0.39, 0.29) is 33.8 Å². The van der Waals surface area contributed by atoms with E-state index in [4.69, 9.17) is 4.74 Å². The van der Waals surface area contributed by atoms with Crippen molar-refractivity contribution in [2.45, 2.75) is 43.4 Å². The van der Waals surface area contributed by atoms with Crippen LogP contribution in [0, 0.1) is 6.92 Å². The quantitative estimate of drug-likeness (QED) is 0.344. The maximum Gasteiger partial charge on any atom is 0.201 e. The highest BCUT2D eigenvalue weighted by Crippen LogP contribution is 2.48. The van der Waals surface area contributed by atoms with Crippen LogP contribution in [0.3, 0.4) is 0 Å². The van der Waals surface area contributed by atoms with Gasteiger partial charge in [-0.3, -0.25) is 4.79 Å². The Labute approximate surface area is 171 Å². The molecule has 1 aliphatic heterocycles. The SMILES string of the molecule is Cc1cc(O)c2c(c1)[C@@H]([C@@H]1O[C@H](CO)[C@@H](O)[C@H](O)[C@H]1O)c1cc(O)cc(O)c1C2=O. The number of aliphatic hydroxyl groups excluding tert-OH is 4. The molecule has 0 unspecified atom stereocenters. The Bertz CT molecular complexity index is 955. The van der Waals surface area contributed by atoms with Crippen LogP contribution in [0.1, 0.15) is 38.5 Å². The minimum atomic E-state index is -1.66. The topological polar surface area (TPSA) is 168 Å². The van der Waals surface area contributed by atoms with E-state index in [1.165, 1.54) is 12.1 Å². The van der Waals surface area contributed by atoms with Crippen molar-refractivity contribution in [2.75, 3.05) is 6.61 Å². The molecule has 2 aliphatic rings. The van der Waals surface area contributed by atoms with Gasteiger partial charge < -0.3 is 40.5 Å². The lowest BCUT2D eigenvalue weighted by atomic mass is 9.71. The van der Waals surface area contributed by atoms with Crippen LogP contribution in [0.2, 0.25) is 0 Å². The van der Waals surface area contributed by atoms with Gasteiger partial charge in [0, 0.05) is 12.0 Å². The van der Waals surface area contributed by atoms with Crippen molar-refractivity contribution in [3.8, 4) is 17.2 Å². The lowest BCUT2D eigenvalue weighted by Gasteiger charge is -2.45. The van der Waals surface area contributed by atoms with E-state index < -0.39 is 54.6 Å². The maximum atomic E-state index is 13.1. The summed E-state index contributed by atoms with van der Waals surface area (Å²) in [5.74, 6) is -2.87. The molecule has 9 heteroatoms. The molecule has 30 heavy (non-hydrogen) atoms. The van der Waals surface area contributed by atoms with Gasteiger partial charge in [0.1, 0.15) is 41.7 Å². The summed E-state index contributed by atoms with van der Waals surface area (Å²) in [5, 5.41) is 71.4. The van der Waals surface area contributed by atoms with Crippen molar-refractivity contribution in [1.82, 2.24) is 0 Å². The second kappa shape index (κ2) is 7.22. The second-order valence-corrected chi connectivity index (χ2v) is 7.78. The van der Waals surface area contributed by atoms with Crippen molar-refractivity contribution >= 4 is 5.78 Å². The van der Waals surface area contributed by atoms with E-state index in [1.807, 2.05) is 0 Å². The maximum absolute atomic E-state index is 13.1. The summed E-state index contributed by atoms with van der Waals surface area (Å²) in [7, 11) is 0. The van der Waals surface area contributed by atoms with Gasteiger partial charge in [-0.05, 0) is 35.7 Å². The Morgan fingerprint density at radius 1 is 0.867 bits per heavy atom. The number of carbonyl (C=O) groups excluding carboxylic acids is 1. The Morgan fingerprint density at radius 3 is 2.10 bits per heavy atom. The molecule has 7 N–H and O–H groups in total. The molecule has 0 saturated carbocycles. The minimum Gasteiger partial charge on any atom is -0.508 e. The number of fused-ring (bicyclic) bond motifs is 2. The van der Waals surface area contributed by atoms with Gasteiger partial charge in [0.2, 0.25) is 5.78 Å². The van der Waals surface area contributed by atoms with Gasteiger partial charge in [-0.2, -0.15) is 0 Å². The van der Waals surface area contributed by atoms with Crippen LogP contribution in [0.15, 0.2) is 24.3 Å². The van der Waals surface area contributed by atoms with E-state index in [9.17, 15) is 40.5 Å². The first-order chi connectivity index (χ1) is 14.1. The van der Waals surface area contributed by atoms with E-state index in [0.29, 0.717) is 5.56 Å². The lowest BCUT2D eigenvalue weighted by molar-refractivity contribution is -0.232. The highest BCUT2D eigenvalue weighted by Gasteiger charge is 2.50. The van der Waals surface area contributed by atoms with Gasteiger partial charge in [-0.25, -0.2) is 0 Å². The molecule has 1 aliphatic carbocycles. The zero-order chi connectivity index (χ0) is 21.9. The zero-order valence-electron chi connectivity index (χ0n) is 15.9. The van der Waals surface area contributed by atoms with Crippen LogP contribution in [0.25, 0.3) is 0 Å². The normalized spacial score (nSPS) is 30.6. The average Bonchev–Trinajstić information content (AvgIpc) is 2.66. The Morgan fingerprint density at radius 2 is 1.47 bits per heavy atom. The number of aromatic hydroxyl groups is 3. The fourth-order valence-electron chi connectivity index (χ4n) is 4.47. The number of hydrogen-bond acceptors (Lipinski definition) is 9. The van der Waals surface area contributed by atoms with Gasteiger partial charge >= 0.3 is 0 Å². The molecule has 1 heterocycles. The number of phenols is 3. The van der Waals surface area contributed by atoms with Gasteiger partial charge in [0.15, 0.2) is 0 Å². The van der Waals surface area contributed by atoms with Crippen LogP contribution in [0.4, 0.5) is 0 Å². The predicted molar refractivity (Wildman–Crippen MR) is 102 cm³/mol. The summed E-state index contributed by atoms with van der Waals surface area (Å²) in [6.07, 6.45) is -7.33. The van der Waals surface area contributed by atoms with E-state index >= 15 is 0 Å². The summed E-state index contributed by atoms with van der Waals surface area (Å²) in [4.78, 5) is 13.1. The molecule has 9 nitrogen and oxygen atoms in total. The highest BCUT2D eigenvalue weighted by atomic mass is 16.5. The number of rotatable bonds is 2. The third-order valence-corrected chi connectivity index (χ3v) is 5.81. The van der Waals surface area contributed by atoms with Crippen molar-refractivity contribution in [1.29, 1.82) is 0 Å². The Kier molecular flexibility index (Phi) is 4.95. The van der Waals surface area contributed by atoms with Crippen molar-refractivity contribution in [2.24, 2.45) is 0 Å². The summed E-state index contributed by atoms with van der Waals surface area (Å²) < 4.78 is 5.71. The van der Waals surface area contributed by atoms with Gasteiger partial charge in [-0.15, -0.1) is 0 Å². The van der Waals surface area contributed by atoms with Crippen LogP contribution in [0.5, 0.6) is 17.2 Å². The molecular formula is C21H22O9. The summed E-state index contributed by atoms with van der Waals surface area (Å²) in [6.45, 7) is 1.04. The molecule has 6 atom stereocenters. The first-order valence-corrected chi connectivity index (χ1v) is 9.40. The summed E-state index contributed by atoms with van der Waals surface area (Å²) >= 11 is 0. The molecule has 0 bridgehead atoms. The fraction of sp³-hybridized carbons (Fsp3) is 0.381. The van der Waals surface area contributed by atoms with E-state index in [1.54, 1.807) is 13.0 Å². The Balaban J connectivity index is 1.98. The van der Waals surface area contributed by atoms with Gasteiger partial charge in [0.05, 0.1) is 23.8 Å². The molecule has 1 saturated heterocycles. The number of phenolic OH excluding ortho intramolecular Hbond substituents is 3. The van der Waals surface area contributed by atoms with Crippen LogP contribution < -0.4 is 0 Å². The first kappa shape index (κ1) is 20.6. The van der Waals surface area contributed by atoms with Crippen LogP contribution in [-0.4, -0.2) is 78.7 Å². The number of carbonyl (C=O) groups is 1. The summed E-state index contributed by atoms with van der Waals surface area (Å²) in [6, 6.07) is 5.20. The van der Waals surface area contributed by atoms with Crippen LogP contribution in [-0.2, 0) is 4.74 Å². The number of aliphatic hydroxyl groups is 4. The fourth-order valence-corrected chi connectivity index (χ4v) is 4.47. The van der Waals surface area contributed by atoms with Gasteiger partial charge in [0.25, 0.3) is 0 Å². The Hall–Kier alpha value is -2.69. The molecule has 0 spiro atoms. The average molecular weight is 418 g/mol. The highest BCUT2D eigenvalue weighted by molar-refractivity contribution is 6.16. The number of hydrogen-bond donors (Lipinski definition) is 7. The monoisotopic (exact) mass is 418 g/mol. The second-order valence-electron chi connectivity index (χ2n) is 7.78. The first-order valence-electron chi connectivity index (χ1n) is 9.40. The molecular weight excluding hydrogens is 396 g/mol. The number of ketones is 1. The third-order valence-electron chi connectivity index (χ3n) is 5.81. The number of aryl methyl sites for hydroxylation is 1.